The topological polar surface area (TPSA) is 15.3 Å². The summed E-state index contributed by atoms with van der Waals surface area (Å²) in [5.41, 5.74) is 1.36. The Kier molecular flexibility index (Phi) is 4.25. The van der Waals surface area contributed by atoms with E-state index in [1.165, 1.54) is 25.1 Å². The van der Waals surface area contributed by atoms with Crippen molar-refractivity contribution in [2.45, 2.75) is 19.4 Å². The first kappa shape index (κ1) is 12.4. The molecule has 1 aromatic heterocycles. The van der Waals surface area contributed by atoms with E-state index >= 15 is 0 Å². The van der Waals surface area contributed by atoms with Crippen molar-refractivity contribution in [2.24, 2.45) is 5.92 Å². The van der Waals surface area contributed by atoms with E-state index in [-0.39, 0.29) is 0 Å². The van der Waals surface area contributed by atoms with E-state index in [1.807, 2.05) is 7.05 Å². The van der Waals surface area contributed by atoms with Crippen molar-refractivity contribution in [1.29, 1.82) is 0 Å². The van der Waals surface area contributed by atoms with Gasteiger partial charge in [-0.3, -0.25) is 4.90 Å². The molecule has 2 atom stereocenters. The van der Waals surface area contributed by atoms with E-state index in [4.69, 9.17) is 11.6 Å². The number of nitrogens with zero attached hydrogens (tertiary/aromatic N) is 1. The smallest absolute Gasteiger partial charge is 0.0931 e. The van der Waals surface area contributed by atoms with E-state index in [0.717, 1.165) is 16.8 Å². The van der Waals surface area contributed by atoms with Crippen molar-refractivity contribution in [2.75, 3.05) is 26.7 Å². The van der Waals surface area contributed by atoms with Crippen LogP contribution in [0.3, 0.4) is 0 Å². The molecule has 1 fully saturated rings. The van der Waals surface area contributed by atoms with Crippen molar-refractivity contribution in [3.05, 3.63) is 21.3 Å². The number of nitrogens with one attached hydrogen (secondary N) is 1. The molecule has 0 radical (unpaired) electrons. The van der Waals surface area contributed by atoms with Gasteiger partial charge in [0.1, 0.15) is 0 Å². The molecular weight excluding hydrogens is 240 g/mol. The number of hydrogen-bond donors (Lipinski definition) is 1. The molecule has 90 valence electrons. The Morgan fingerprint density at radius 3 is 3.12 bits per heavy atom. The molecule has 2 unspecified atom stereocenters. The third-order valence-electron chi connectivity index (χ3n) is 3.43. The molecule has 1 aliphatic heterocycles. The normalized spacial score (nSPS) is 23.8. The fraction of sp³-hybridized carbons (Fsp3) is 0.667. The van der Waals surface area contributed by atoms with Crippen molar-refractivity contribution in [3.63, 3.8) is 0 Å². The average Bonchev–Trinajstić information content (AvgIpc) is 2.87. The van der Waals surface area contributed by atoms with Gasteiger partial charge in [0, 0.05) is 12.6 Å². The Morgan fingerprint density at radius 2 is 2.50 bits per heavy atom. The minimum Gasteiger partial charge on any atom is -0.319 e. The van der Waals surface area contributed by atoms with Crippen molar-refractivity contribution in [1.82, 2.24) is 10.2 Å². The Bertz CT molecular complexity index is 340. The standard InChI is InChI=1S/C12H19ClN2S/c1-9(11-5-12(13)16-8-11)15-4-3-10(7-15)6-14-2/h5,8-10,14H,3-4,6-7H2,1-2H3. The van der Waals surface area contributed by atoms with Crippen LogP contribution >= 0.6 is 22.9 Å². The highest BCUT2D eigenvalue weighted by Crippen LogP contribution is 2.31. The zero-order valence-corrected chi connectivity index (χ0v) is 11.4. The Hall–Kier alpha value is -0.0900. The predicted molar refractivity (Wildman–Crippen MR) is 71.4 cm³/mol. The monoisotopic (exact) mass is 258 g/mol. The van der Waals surface area contributed by atoms with Crippen LogP contribution in [0.1, 0.15) is 24.9 Å². The van der Waals surface area contributed by atoms with Gasteiger partial charge >= 0.3 is 0 Å². The van der Waals surface area contributed by atoms with Crippen LogP contribution < -0.4 is 5.32 Å². The minimum atomic E-state index is 0.505. The van der Waals surface area contributed by atoms with Gasteiger partial charge in [0.2, 0.25) is 0 Å². The molecule has 0 saturated carbocycles. The van der Waals surface area contributed by atoms with Crippen LogP contribution in [0.15, 0.2) is 11.4 Å². The summed E-state index contributed by atoms with van der Waals surface area (Å²) in [6.07, 6.45) is 1.31. The van der Waals surface area contributed by atoms with E-state index in [1.54, 1.807) is 11.3 Å². The summed E-state index contributed by atoms with van der Waals surface area (Å²) in [5, 5.41) is 5.45. The summed E-state index contributed by atoms with van der Waals surface area (Å²) >= 11 is 7.61. The molecule has 0 bridgehead atoms. The Morgan fingerprint density at radius 1 is 1.69 bits per heavy atom. The van der Waals surface area contributed by atoms with Crippen molar-refractivity contribution >= 4 is 22.9 Å². The van der Waals surface area contributed by atoms with Gasteiger partial charge in [-0.15, -0.1) is 11.3 Å². The summed E-state index contributed by atoms with van der Waals surface area (Å²) in [6, 6.07) is 2.60. The molecule has 1 aliphatic rings. The summed E-state index contributed by atoms with van der Waals surface area (Å²) in [6.45, 7) is 5.82. The van der Waals surface area contributed by atoms with Crippen LogP contribution in [-0.4, -0.2) is 31.6 Å². The first-order chi connectivity index (χ1) is 7.70. The highest BCUT2D eigenvalue weighted by molar-refractivity contribution is 7.14. The second-order valence-electron chi connectivity index (χ2n) is 4.57. The minimum absolute atomic E-state index is 0.505. The largest absolute Gasteiger partial charge is 0.319 e. The molecule has 0 spiro atoms. The van der Waals surface area contributed by atoms with Crippen LogP contribution in [0.4, 0.5) is 0 Å². The van der Waals surface area contributed by atoms with Gasteiger partial charge in [-0.2, -0.15) is 0 Å². The van der Waals surface area contributed by atoms with E-state index in [9.17, 15) is 0 Å². The zero-order valence-electron chi connectivity index (χ0n) is 9.87. The number of likely N-dealkylation sites (tertiary alicyclic amines) is 1. The predicted octanol–water partition coefficient (Wildman–Crippen LogP) is 3.00. The summed E-state index contributed by atoms with van der Waals surface area (Å²) in [5.74, 6) is 0.807. The fourth-order valence-electron chi connectivity index (χ4n) is 2.42. The van der Waals surface area contributed by atoms with Gasteiger partial charge in [-0.25, -0.2) is 0 Å². The lowest BCUT2D eigenvalue weighted by molar-refractivity contribution is 0.252. The lowest BCUT2D eigenvalue weighted by Crippen LogP contribution is -2.26. The maximum absolute atomic E-state index is 5.98. The molecular formula is C12H19ClN2S. The second-order valence-corrected chi connectivity index (χ2v) is 6.11. The maximum Gasteiger partial charge on any atom is 0.0931 e. The first-order valence-corrected chi connectivity index (χ1v) is 7.09. The SMILES string of the molecule is CNCC1CCN(C(C)c2csc(Cl)c2)C1. The molecule has 0 aliphatic carbocycles. The molecule has 1 aromatic rings. The Balaban J connectivity index is 1.94. The summed E-state index contributed by atoms with van der Waals surface area (Å²) < 4.78 is 0.896. The summed E-state index contributed by atoms with van der Waals surface area (Å²) in [4.78, 5) is 2.56. The Labute approximate surface area is 107 Å². The number of halogens is 1. The molecule has 16 heavy (non-hydrogen) atoms. The second kappa shape index (κ2) is 5.50. The molecule has 2 nitrogen and oxygen atoms in total. The third-order valence-corrected chi connectivity index (χ3v) is 4.54. The molecule has 1 N–H and O–H groups in total. The fourth-order valence-corrected chi connectivity index (χ4v) is 3.40. The molecule has 4 heteroatoms. The van der Waals surface area contributed by atoms with Crippen LogP contribution in [0.5, 0.6) is 0 Å². The highest BCUT2D eigenvalue weighted by Gasteiger charge is 2.26. The molecule has 2 heterocycles. The molecule has 2 rings (SSSR count). The van der Waals surface area contributed by atoms with Crippen molar-refractivity contribution in [3.8, 4) is 0 Å². The van der Waals surface area contributed by atoms with Crippen LogP contribution in [0.25, 0.3) is 0 Å². The quantitative estimate of drug-likeness (QED) is 0.893. The van der Waals surface area contributed by atoms with Crippen LogP contribution in [-0.2, 0) is 0 Å². The number of thiophene rings is 1. The van der Waals surface area contributed by atoms with Gasteiger partial charge in [-0.05, 0) is 56.4 Å². The molecule has 0 aromatic carbocycles. The van der Waals surface area contributed by atoms with Crippen LogP contribution in [0, 0.1) is 5.92 Å². The zero-order chi connectivity index (χ0) is 11.5. The van der Waals surface area contributed by atoms with Gasteiger partial charge in [0.05, 0.1) is 4.34 Å². The lowest BCUT2D eigenvalue weighted by atomic mass is 10.1. The van der Waals surface area contributed by atoms with Crippen LogP contribution in [0.2, 0.25) is 4.34 Å². The summed E-state index contributed by atoms with van der Waals surface area (Å²) in [7, 11) is 2.03. The highest BCUT2D eigenvalue weighted by atomic mass is 35.5. The number of hydrogen-bond acceptors (Lipinski definition) is 3. The lowest BCUT2D eigenvalue weighted by Gasteiger charge is -2.23. The first-order valence-electron chi connectivity index (χ1n) is 5.83. The van der Waals surface area contributed by atoms with E-state index < -0.39 is 0 Å². The van der Waals surface area contributed by atoms with Gasteiger partial charge in [-0.1, -0.05) is 11.6 Å². The molecule has 1 saturated heterocycles. The average molecular weight is 259 g/mol. The molecule has 0 amide bonds. The van der Waals surface area contributed by atoms with Gasteiger partial charge in [0.15, 0.2) is 0 Å². The van der Waals surface area contributed by atoms with E-state index in [0.29, 0.717) is 6.04 Å². The maximum atomic E-state index is 5.98. The number of rotatable bonds is 4. The third kappa shape index (κ3) is 2.77. The van der Waals surface area contributed by atoms with Gasteiger partial charge in [0.25, 0.3) is 0 Å². The van der Waals surface area contributed by atoms with Gasteiger partial charge < -0.3 is 5.32 Å². The van der Waals surface area contributed by atoms with E-state index in [2.05, 4.69) is 28.6 Å². The van der Waals surface area contributed by atoms with Crippen molar-refractivity contribution < 1.29 is 0 Å².